The summed E-state index contributed by atoms with van der Waals surface area (Å²) in [5, 5.41) is 0. The standard InChI is InChI=1S/C25H32BrNO5S/c1-17-13-18(7-9-21(17)26)15-27(16-23(28)32-24(2,3)4)33(29,30)20-8-10-22-19(14-20)11-12-25(5,6)31-22/h7-10,13-14H,11-12,15-16H2,1-6H3. The molecule has 2 aromatic rings. The molecule has 180 valence electrons. The maximum absolute atomic E-state index is 13.7. The molecule has 33 heavy (non-hydrogen) atoms. The van der Waals surface area contributed by atoms with Crippen LogP contribution in [0.3, 0.4) is 0 Å². The molecule has 1 aliphatic rings. The number of halogens is 1. The fourth-order valence-corrected chi connectivity index (χ4v) is 5.37. The average molecular weight is 539 g/mol. The van der Waals surface area contributed by atoms with E-state index in [1.54, 1.807) is 39.0 Å². The van der Waals surface area contributed by atoms with Gasteiger partial charge >= 0.3 is 5.97 Å². The minimum atomic E-state index is -3.97. The van der Waals surface area contributed by atoms with Gasteiger partial charge < -0.3 is 9.47 Å². The number of nitrogens with zero attached hydrogens (tertiary/aromatic N) is 1. The van der Waals surface area contributed by atoms with Crippen LogP contribution in [-0.2, 0) is 32.5 Å². The Morgan fingerprint density at radius 2 is 1.88 bits per heavy atom. The second-order valence-corrected chi connectivity index (χ2v) is 12.9. The first-order valence-electron chi connectivity index (χ1n) is 11.0. The van der Waals surface area contributed by atoms with Crippen molar-refractivity contribution < 1.29 is 22.7 Å². The van der Waals surface area contributed by atoms with E-state index in [1.807, 2.05) is 39.0 Å². The molecule has 0 bridgehead atoms. The largest absolute Gasteiger partial charge is 0.488 e. The molecule has 0 N–H and O–H groups in total. The molecule has 2 aromatic carbocycles. The highest BCUT2D eigenvalue weighted by Gasteiger charge is 2.32. The lowest BCUT2D eigenvalue weighted by atomic mass is 9.94. The first-order valence-corrected chi connectivity index (χ1v) is 13.2. The van der Waals surface area contributed by atoms with E-state index in [0.29, 0.717) is 5.75 Å². The van der Waals surface area contributed by atoms with Gasteiger partial charge in [-0.25, -0.2) is 8.42 Å². The van der Waals surface area contributed by atoms with E-state index in [-0.39, 0.29) is 23.6 Å². The summed E-state index contributed by atoms with van der Waals surface area (Å²) < 4.78 is 40.9. The fraction of sp³-hybridized carbons (Fsp3) is 0.480. The number of benzene rings is 2. The molecule has 0 amide bonds. The monoisotopic (exact) mass is 537 g/mol. The van der Waals surface area contributed by atoms with Gasteiger partial charge in [0.1, 0.15) is 23.5 Å². The fourth-order valence-electron chi connectivity index (χ4n) is 3.70. The third-order valence-corrected chi connectivity index (χ3v) is 8.04. The Bertz CT molecular complexity index is 1150. The average Bonchev–Trinajstić information content (AvgIpc) is 2.67. The zero-order valence-corrected chi connectivity index (χ0v) is 22.5. The number of carbonyl (C=O) groups excluding carboxylic acids is 1. The molecule has 0 radical (unpaired) electrons. The Labute approximate surface area is 205 Å². The molecule has 0 unspecified atom stereocenters. The number of esters is 1. The van der Waals surface area contributed by atoms with E-state index < -0.39 is 21.6 Å². The predicted molar refractivity (Wildman–Crippen MR) is 132 cm³/mol. The molecule has 0 spiro atoms. The van der Waals surface area contributed by atoms with E-state index >= 15 is 0 Å². The molecular formula is C25H32BrNO5S. The van der Waals surface area contributed by atoms with Crippen LogP contribution >= 0.6 is 15.9 Å². The highest BCUT2D eigenvalue weighted by molar-refractivity contribution is 9.10. The smallest absolute Gasteiger partial charge is 0.321 e. The number of hydrogen-bond donors (Lipinski definition) is 0. The van der Waals surface area contributed by atoms with Gasteiger partial charge in [0.2, 0.25) is 10.0 Å². The van der Waals surface area contributed by atoms with Crippen molar-refractivity contribution in [1.29, 1.82) is 0 Å². The maximum Gasteiger partial charge on any atom is 0.321 e. The lowest BCUT2D eigenvalue weighted by Gasteiger charge is -2.33. The first-order chi connectivity index (χ1) is 15.2. The molecule has 0 saturated heterocycles. The van der Waals surface area contributed by atoms with Crippen molar-refractivity contribution in [2.45, 2.75) is 77.0 Å². The van der Waals surface area contributed by atoms with Crippen LogP contribution in [0, 0.1) is 6.92 Å². The van der Waals surface area contributed by atoms with E-state index in [4.69, 9.17) is 9.47 Å². The molecule has 0 saturated carbocycles. The second kappa shape index (κ2) is 9.39. The molecular weight excluding hydrogens is 506 g/mol. The molecule has 8 heteroatoms. The third kappa shape index (κ3) is 6.58. The number of carbonyl (C=O) groups is 1. The maximum atomic E-state index is 13.7. The van der Waals surface area contributed by atoms with Crippen molar-refractivity contribution in [1.82, 2.24) is 4.31 Å². The summed E-state index contributed by atoms with van der Waals surface area (Å²) in [4.78, 5) is 12.7. The Morgan fingerprint density at radius 1 is 1.18 bits per heavy atom. The Balaban J connectivity index is 1.95. The van der Waals surface area contributed by atoms with Crippen LogP contribution in [0.2, 0.25) is 0 Å². The third-order valence-electron chi connectivity index (χ3n) is 5.36. The molecule has 3 rings (SSSR count). The van der Waals surface area contributed by atoms with Crippen molar-refractivity contribution >= 4 is 31.9 Å². The van der Waals surface area contributed by atoms with Crippen molar-refractivity contribution in [3.63, 3.8) is 0 Å². The van der Waals surface area contributed by atoms with Gasteiger partial charge in [-0.05, 0) is 95.3 Å². The van der Waals surface area contributed by atoms with Gasteiger partial charge in [0, 0.05) is 11.0 Å². The van der Waals surface area contributed by atoms with Crippen molar-refractivity contribution in [2.24, 2.45) is 0 Å². The number of hydrogen-bond acceptors (Lipinski definition) is 5. The van der Waals surface area contributed by atoms with Crippen molar-refractivity contribution in [2.75, 3.05) is 6.54 Å². The highest BCUT2D eigenvalue weighted by Crippen LogP contribution is 2.35. The van der Waals surface area contributed by atoms with Crippen LogP contribution in [0.15, 0.2) is 45.8 Å². The summed E-state index contributed by atoms with van der Waals surface area (Å²) in [6.07, 6.45) is 1.52. The summed E-state index contributed by atoms with van der Waals surface area (Å²) in [5.41, 5.74) is 1.63. The topological polar surface area (TPSA) is 72.9 Å². The van der Waals surface area contributed by atoms with Gasteiger partial charge in [0.15, 0.2) is 0 Å². The number of aryl methyl sites for hydroxylation is 2. The predicted octanol–water partition coefficient (Wildman–Crippen LogP) is 5.39. The van der Waals surface area contributed by atoms with E-state index in [1.165, 1.54) is 4.31 Å². The summed E-state index contributed by atoms with van der Waals surface area (Å²) in [6, 6.07) is 10.5. The summed E-state index contributed by atoms with van der Waals surface area (Å²) in [7, 11) is -3.97. The van der Waals surface area contributed by atoms with E-state index in [0.717, 1.165) is 34.0 Å². The van der Waals surface area contributed by atoms with Crippen LogP contribution in [0.1, 0.15) is 57.7 Å². The summed E-state index contributed by atoms with van der Waals surface area (Å²) in [6.45, 7) is 10.9. The number of ether oxygens (including phenoxy) is 2. The zero-order valence-electron chi connectivity index (χ0n) is 20.1. The van der Waals surface area contributed by atoms with Crippen LogP contribution < -0.4 is 4.74 Å². The van der Waals surface area contributed by atoms with Gasteiger partial charge in [-0.2, -0.15) is 4.31 Å². The van der Waals surface area contributed by atoms with Crippen molar-refractivity contribution in [3.05, 3.63) is 57.6 Å². The first kappa shape index (κ1) is 25.7. The lowest BCUT2D eigenvalue weighted by Crippen LogP contribution is -2.38. The van der Waals surface area contributed by atoms with Gasteiger partial charge in [0.05, 0.1) is 4.90 Å². The number of fused-ring (bicyclic) bond motifs is 1. The molecule has 1 heterocycles. The SMILES string of the molecule is Cc1cc(CN(CC(=O)OC(C)(C)C)S(=O)(=O)c2ccc3c(c2)CCC(C)(C)O3)ccc1Br. The van der Waals surface area contributed by atoms with Gasteiger partial charge in [-0.15, -0.1) is 0 Å². The number of rotatable bonds is 6. The zero-order chi connectivity index (χ0) is 24.6. The Hall–Kier alpha value is -1.90. The van der Waals surface area contributed by atoms with Crippen molar-refractivity contribution in [3.8, 4) is 5.75 Å². The van der Waals surface area contributed by atoms with Crippen LogP contribution in [0.4, 0.5) is 0 Å². The minimum Gasteiger partial charge on any atom is -0.488 e. The van der Waals surface area contributed by atoms with Crippen LogP contribution in [0.25, 0.3) is 0 Å². The highest BCUT2D eigenvalue weighted by atomic mass is 79.9. The van der Waals surface area contributed by atoms with Gasteiger partial charge in [-0.1, -0.05) is 28.1 Å². The summed E-state index contributed by atoms with van der Waals surface area (Å²) in [5.74, 6) is 0.107. The molecule has 0 aliphatic carbocycles. The molecule has 0 aromatic heterocycles. The Kier molecular flexibility index (Phi) is 7.32. The minimum absolute atomic E-state index is 0.0519. The Morgan fingerprint density at radius 3 is 2.52 bits per heavy atom. The van der Waals surface area contributed by atoms with Gasteiger partial charge in [0.25, 0.3) is 0 Å². The van der Waals surface area contributed by atoms with Crippen LogP contribution in [0.5, 0.6) is 5.75 Å². The summed E-state index contributed by atoms with van der Waals surface area (Å²) >= 11 is 3.47. The second-order valence-electron chi connectivity index (χ2n) is 10.1. The normalized spacial score (nSPS) is 15.6. The quantitative estimate of drug-likeness (QED) is 0.461. The van der Waals surface area contributed by atoms with E-state index in [2.05, 4.69) is 15.9 Å². The molecule has 6 nitrogen and oxygen atoms in total. The van der Waals surface area contributed by atoms with E-state index in [9.17, 15) is 13.2 Å². The van der Waals surface area contributed by atoms with Crippen LogP contribution in [-0.4, -0.2) is 36.4 Å². The molecule has 0 atom stereocenters. The molecule has 0 fully saturated rings. The number of sulfonamides is 1. The van der Waals surface area contributed by atoms with Gasteiger partial charge in [-0.3, -0.25) is 4.79 Å². The molecule has 1 aliphatic heterocycles. The lowest BCUT2D eigenvalue weighted by molar-refractivity contribution is -0.155.